The lowest BCUT2D eigenvalue weighted by atomic mass is 10.1. The van der Waals surface area contributed by atoms with Gasteiger partial charge in [0.05, 0.1) is 18.8 Å². The third kappa shape index (κ3) is 2.76. The predicted molar refractivity (Wildman–Crippen MR) is 83.2 cm³/mol. The average molecular weight is 318 g/mol. The van der Waals surface area contributed by atoms with E-state index >= 15 is 0 Å². The van der Waals surface area contributed by atoms with Crippen LogP contribution in [0, 0.1) is 20.8 Å². The molecule has 1 fully saturated rings. The average Bonchev–Trinajstić information content (AvgIpc) is 3.10. The summed E-state index contributed by atoms with van der Waals surface area (Å²) in [6.45, 7) is 10.1. The third-order valence-corrected chi connectivity index (χ3v) is 4.34. The van der Waals surface area contributed by atoms with E-state index < -0.39 is 0 Å². The van der Waals surface area contributed by atoms with Crippen LogP contribution in [0.2, 0.25) is 0 Å². The monoisotopic (exact) mass is 318 g/mol. The second-order valence-corrected chi connectivity index (χ2v) is 5.80. The van der Waals surface area contributed by atoms with Crippen molar-refractivity contribution < 1.29 is 14.1 Å². The molecule has 1 atom stereocenters. The van der Waals surface area contributed by atoms with Crippen molar-refractivity contribution in [3.63, 3.8) is 0 Å². The maximum absolute atomic E-state index is 13.1. The highest BCUT2D eigenvalue weighted by molar-refractivity contribution is 5.96. The molecule has 3 heterocycles. The van der Waals surface area contributed by atoms with Crippen LogP contribution in [0.4, 0.5) is 0 Å². The number of amides is 1. The molecule has 0 spiro atoms. The number of aryl methyl sites for hydroxylation is 2. The number of hydrogen-bond acceptors (Lipinski definition) is 5. The third-order valence-electron chi connectivity index (χ3n) is 4.34. The van der Waals surface area contributed by atoms with Gasteiger partial charge in [0.2, 0.25) is 0 Å². The minimum absolute atomic E-state index is 0.0121. The Morgan fingerprint density at radius 1 is 1.39 bits per heavy atom. The van der Waals surface area contributed by atoms with Crippen molar-refractivity contribution in [1.82, 2.24) is 19.6 Å². The molecular formula is C16H22N4O3. The maximum atomic E-state index is 13.1. The number of ether oxygens (including phenoxy) is 1. The van der Waals surface area contributed by atoms with Gasteiger partial charge in [-0.25, -0.2) is 0 Å². The first-order valence-electron chi connectivity index (χ1n) is 7.88. The molecule has 1 saturated heterocycles. The van der Waals surface area contributed by atoms with Crippen LogP contribution in [-0.4, -0.2) is 45.3 Å². The number of hydrogen-bond donors (Lipinski definition) is 0. The Morgan fingerprint density at radius 3 is 2.78 bits per heavy atom. The molecule has 0 bridgehead atoms. The molecule has 0 aromatic carbocycles. The Labute approximate surface area is 135 Å². The highest BCUT2D eigenvalue weighted by atomic mass is 16.5. The largest absolute Gasteiger partial charge is 0.377 e. The highest BCUT2D eigenvalue weighted by Gasteiger charge is 2.34. The van der Waals surface area contributed by atoms with Crippen molar-refractivity contribution in [2.45, 2.75) is 40.3 Å². The van der Waals surface area contributed by atoms with Crippen LogP contribution < -0.4 is 0 Å². The Hall–Kier alpha value is -2.15. The van der Waals surface area contributed by atoms with Crippen LogP contribution in [0.5, 0.6) is 0 Å². The molecule has 1 aliphatic heterocycles. The van der Waals surface area contributed by atoms with E-state index in [0.29, 0.717) is 31.5 Å². The molecule has 1 aliphatic rings. The van der Waals surface area contributed by atoms with Gasteiger partial charge in [-0.15, -0.1) is 0 Å². The lowest BCUT2D eigenvalue weighted by Gasteiger charge is -2.33. The van der Waals surface area contributed by atoms with Crippen molar-refractivity contribution in [1.29, 1.82) is 0 Å². The summed E-state index contributed by atoms with van der Waals surface area (Å²) in [7, 11) is 0. The van der Waals surface area contributed by atoms with Gasteiger partial charge in [-0.3, -0.25) is 4.79 Å². The summed E-state index contributed by atoms with van der Waals surface area (Å²) in [5, 5.41) is 3.82. The summed E-state index contributed by atoms with van der Waals surface area (Å²) in [4.78, 5) is 19.1. The summed E-state index contributed by atoms with van der Waals surface area (Å²) >= 11 is 0. The van der Waals surface area contributed by atoms with Gasteiger partial charge in [-0.05, 0) is 33.8 Å². The first-order chi connectivity index (χ1) is 11.0. The van der Waals surface area contributed by atoms with Crippen molar-refractivity contribution in [2.24, 2.45) is 0 Å². The molecule has 124 valence electrons. The summed E-state index contributed by atoms with van der Waals surface area (Å²) in [5.74, 6) is 0.976. The van der Waals surface area contributed by atoms with Gasteiger partial charge in [0.15, 0.2) is 5.82 Å². The SMILES string of the molecule is CCn1c(C)cc(C(=O)N2CCOCC2c2nc(C)no2)c1C. The number of carbonyl (C=O) groups is 1. The summed E-state index contributed by atoms with van der Waals surface area (Å²) in [6.07, 6.45) is 0. The zero-order valence-electron chi connectivity index (χ0n) is 14.0. The van der Waals surface area contributed by atoms with Gasteiger partial charge in [-0.2, -0.15) is 4.98 Å². The number of morpholine rings is 1. The first-order valence-corrected chi connectivity index (χ1v) is 7.88. The van der Waals surface area contributed by atoms with Gasteiger partial charge in [0.25, 0.3) is 11.8 Å². The van der Waals surface area contributed by atoms with E-state index in [-0.39, 0.29) is 11.9 Å². The van der Waals surface area contributed by atoms with E-state index in [1.807, 2.05) is 19.9 Å². The standard InChI is InChI=1S/C16H22N4O3/c1-5-19-10(2)8-13(11(19)3)16(21)20-6-7-22-9-14(20)15-17-12(4)18-23-15/h8,14H,5-7,9H2,1-4H3. The van der Waals surface area contributed by atoms with Crippen molar-refractivity contribution in [3.8, 4) is 0 Å². The Kier molecular flexibility index (Phi) is 4.21. The van der Waals surface area contributed by atoms with Gasteiger partial charge < -0.3 is 18.7 Å². The van der Waals surface area contributed by atoms with Crippen LogP contribution in [-0.2, 0) is 11.3 Å². The van der Waals surface area contributed by atoms with E-state index in [4.69, 9.17) is 9.26 Å². The molecule has 0 N–H and O–H groups in total. The van der Waals surface area contributed by atoms with Gasteiger partial charge >= 0.3 is 0 Å². The normalized spacial score (nSPS) is 18.4. The molecule has 0 radical (unpaired) electrons. The smallest absolute Gasteiger partial charge is 0.256 e. The fourth-order valence-corrected chi connectivity index (χ4v) is 3.16. The molecule has 2 aromatic rings. The Bertz CT molecular complexity index is 719. The van der Waals surface area contributed by atoms with Crippen molar-refractivity contribution >= 4 is 5.91 Å². The summed E-state index contributed by atoms with van der Waals surface area (Å²) in [5.41, 5.74) is 2.81. The second-order valence-electron chi connectivity index (χ2n) is 5.80. The van der Waals surface area contributed by atoms with E-state index in [1.54, 1.807) is 11.8 Å². The predicted octanol–water partition coefficient (Wildman–Crippen LogP) is 2.03. The fourth-order valence-electron chi connectivity index (χ4n) is 3.16. The van der Waals surface area contributed by atoms with Crippen LogP contribution in [0.1, 0.15) is 46.4 Å². The number of rotatable bonds is 3. The van der Waals surface area contributed by atoms with Crippen LogP contribution >= 0.6 is 0 Å². The van der Waals surface area contributed by atoms with Crippen molar-refractivity contribution in [2.75, 3.05) is 19.8 Å². The number of nitrogens with zero attached hydrogens (tertiary/aromatic N) is 4. The quantitative estimate of drug-likeness (QED) is 0.866. The molecule has 0 saturated carbocycles. The van der Waals surface area contributed by atoms with Gasteiger partial charge in [0.1, 0.15) is 6.04 Å². The zero-order chi connectivity index (χ0) is 16.6. The summed E-state index contributed by atoms with van der Waals surface area (Å²) in [6, 6.07) is 1.62. The maximum Gasteiger partial charge on any atom is 0.256 e. The van der Waals surface area contributed by atoms with Crippen LogP contribution in [0.3, 0.4) is 0 Å². The molecule has 2 aromatic heterocycles. The molecule has 3 rings (SSSR count). The number of aromatic nitrogens is 3. The van der Waals surface area contributed by atoms with Crippen molar-refractivity contribution in [3.05, 3.63) is 34.7 Å². The number of carbonyl (C=O) groups excluding carboxylic acids is 1. The first kappa shape index (κ1) is 15.7. The van der Waals surface area contributed by atoms with E-state index in [9.17, 15) is 4.79 Å². The van der Waals surface area contributed by atoms with Crippen LogP contribution in [0.25, 0.3) is 0 Å². The molecule has 7 heteroatoms. The highest BCUT2D eigenvalue weighted by Crippen LogP contribution is 2.26. The van der Waals surface area contributed by atoms with E-state index in [1.165, 1.54) is 0 Å². The molecular weight excluding hydrogens is 296 g/mol. The lowest BCUT2D eigenvalue weighted by Crippen LogP contribution is -2.43. The fraction of sp³-hybridized carbons (Fsp3) is 0.562. The zero-order valence-corrected chi connectivity index (χ0v) is 14.0. The molecule has 1 unspecified atom stereocenters. The minimum Gasteiger partial charge on any atom is -0.377 e. The minimum atomic E-state index is -0.331. The van der Waals surface area contributed by atoms with E-state index in [0.717, 1.165) is 23.5 Å². The lowest BCUT2D eigenvalue weighted by molar-refractivity contribution is -0.0119. The van der Waals surface area contributed by atoms with Gasteiger partial charge in [0, 0.05) is 24.5 Å². The van der Waals surface area contributed by atoms with Crippen LogP contribution in [0.15, 0.2) is 10.6 Å². The molecule has 7 nitrogen and oxygen atoms in total. The Morgan fingerprint density at radius 2 is 2.17 bits per heavy atom. The Balaban J connectivity index is 1.93. The van der Waals surface area contributed by atoms with E-state index in [2.05, 4.69) is 21.6 Å². The summed E-state index contributed by atoms with van der Waals surface area (Å²) < 4.78 is 12.9. The molecule has 0 aliphatic carbocycles. The second kappa shape index (κ2) is 6.16. The topological polar surface area (TPSA) is 73.4 Å². The van der Waals surface area contributed by atoms with Gasteiger partial charge in [-0.1, -0.05) is 5.16 Å². The molecule has 23 heavy (non-hydrogen) atoms. The molecule has 1 amide bonds.